The number of amides is 1. The predicted molar refractivity (Wildman–Crippen MR) is 101 cm³/mol. The summed E-state index contributed by atoms with van der Waals surface area (Å²) in [6.45, 7) is 4.89. The molecule has 4 heteroatoms. The van der Waals surface area contributed by atoms with Crippen LogP contribution in [0.15, 0.2) is 71.3 Å². The molecule has 0 spiro atoms. The van der Waals surface area contributed by atoms with Gasteiger partial charge in [0, 0.05) is 11.1 Å². The number of aromatic hydroxyl groups is 1. The fourth-order valence-corrected chi connectivity index (χ4v) is 2.83. The minimum Gasteiger partial charge on any atom is -0.508 e. The molecule has 4 nitrogen and oxygen atoms in total. The van der Waals surface area contributed by atoms with Gasteiger partial charge in [-0.15, -0.1) is 0 Å². The van der Waals surface area contributed by atoms with Crippen LogP contribution in [0.1, 0.15) is 47.0 Å². The SMILES string of the molecule is CC(C)c1ccc(C(=O)N(Cc2ccco2)Cc2ccccc2O)cc1. The summed E-state index contributed by atoms with van der Waals surface area (Å²) in [4.78, 5) is 14.7. The van der Waals surface area contributed by atoms with Gasteiger partial charge >= 0.3 is 0 Å². The molecule has 1 N–H and O–H groups in total. The van der Waals surface area contributed by atoms with E-state index in [2.05, 4.69) is 13.8 Å². The molecule has 0 fully saturated rings. The number of rotatable bonds is 6. The highest BCUT2D eigenvalue weighted by Gasteiger charge is 2.19. The van der Waals surface area contributed by atoms with Gasteiger partial charge in [-0.3, -0.25) is 4.79 Å². The van der Waals surface area contributed by atoms with Crippen LogP contribution in [0.25, 0.3) is 0 Å². The van der Waals surface area contributed by atoms with Crippen LogP contribution in [0, 0.1) is 0 Å². The average molecular weight is 349 g/mol. The maximum atomic E-state index is 13.1. The zero-order chi connectivity index (χ0) is 18.5. The lowest BCUT2D eigenvalue weighted by atomic mass is 10.0. The first-order valence-electron chi connectivity index (χ1n) is 8.73. The third-order valence-electron chi connectivity index (χ3n) is 4.39. The summed E-state index contributed by atoms with van der Waals surface area (Å²) < 4.78 is 5.41. The predicted octanol–water partition coefficient (Wildman–Crippen LogP) is 4.95. The molecule has 2 aromatic carbocycles. The highest BCUT2D eigenvalue weighted by Crippen LogP contribution is 2.22. The molecule has 134 valence electrons. The van der Waals surface area contributed by atoms with Crippen molar-refractivity contribution in [2.24, 2.45) is 0 Å². The summed E-state index contributed by atoms with van der Waals surface area (Å²) >= 11 is 0. The molecule has 0 saturated heterocycles. The van der Waals surface area contributed by atoms with Gasteiger partial charge in [0.05, 0.1) is 19.4 Å². The summed E-state index contributed by atoms with van der Waals surface area (Å²) in [7, 11) is 0. The molecule has 1 amide bonds. The van der Waals surface area contributed by atoms with Gasteiger partial charge < -0.3 is 14.4 Å². The molecule has 0 unspecified atom stereocenters. The van der Waals surface area contributed by atoms with E-state index in [9.17, 15) is 9.90 Å². The van der Waals surface area contributed by atoms with E-state index in [-0.39, 0.29) is 11.7 Å². The Hall–Kier alpha value is -3.01. The summed E-state index contributed by atoms with van der Waals surface area (Å²) in [5.41, 5.74) is 2.52. The molecule has 0 atom stereocenters. The summed E-state index contributed by atoms with van der Waals surface area (Å²) in [6, 6.07) is 18.4. The molecular formula is C22H23NO3. The van der Waals surface area contributed by atoms with E-state index in [1.165, 1.54) is 5.56 Å². The van der Waals surface area contributed by atoms with Crippen LogP contribution in [-0.4, -0.2) is 15.9 Å². The lowest BCUT2D eigenvalue weighted by Gasteiger charge is -2.22. The molecule has 1 aromatic heterocycles. The Morgan fingerprint density at radius 2 is 1.73 bits per heavy atom. The highest BCUT2D eigenvalue weighted by atomic mass is 16.3. The first-order valence-corrected chi connectivity index (χ1v) is 8.73. The number of nitrogens with zero attached hydrogens (tertiary/aromatic N) is 1. The maximum absolute atomic E-state index is 13.1. The third kappa shape index (κ3) is 4.14. The lowest BCUT2D eigenvalue weighted by molar-refractivity contribution is 0.0716. The molecule has 0 saturated carbocycles. The van der Waals surface area contributed by atoms with E-state index < -0.39 is 0 Å². The van der Waals surface area contributed by atoms with Gasteiger partial charge in [0.2, 0.25) is 0 Å². The van der Waals surface area contributed by atoms with Crippen molar-refractivity contribution in [1.29, 1.82) is 0 Å². The van der Waals surface area contributed by atoms with Crippen LogP contribution < -0.4 is 0 Å². The van der Waals surface area contributed by atoms with E-state index in [1.54, 1.807) is 29.4 Å². The molecule has 3 rings (SSSR count). The van der Waals surface area contributed by atoms with Crippen molar-refractivity contribution >= 4 is 5.91 Å². The minimum absolute atomic E-state index is 0.0973. The van der Waals surface area contributed by atoms with Crippen LogP contribution in [0.2, 0.25) is 0 Å². The van der Waals surface area contributed by atoms with Crippen LogP contribution in [0.5, 0.6) is 5.75 Å². The topological polar surface area (TPSA) is 53.7 Å². The van der Waals surface area contributed by atoms with Crippen LogP contribution in [0.4, 0.5) is 0 Å². The van der Waals surface area contributed by atoms with Crippen molar-refractivity contribution in [3.8, 4) is 5.75 Å². The van der Waals surface area contributed by atoms with Gasteiger partial charge in [-0.05, 0) is 41.8 Å². The smallest absolute Gasteiger partial charge is 0.254 e. The van der Waals surface area contributed by atoms with Crippen molar-refractivity contribution in [3.63, 3.8) is 0 Å². The zero-order valence-electron chi connectivity index (χ0n) is 15.1. The Labute approximate surface area is 153 Å². The largest absolute Gasteiger partial charge is 0.508 e. The number of hydrogen-bond acceptors (Lipinski definition) is 3. The third-order valence-corrected chi connectivity index (χ3v) is 4.39. The number of benzene rings is 2. The van der Waals surface area contributed by atoms with E-state index in [0.29, 0.717) is 35.9 Å². The Morgan fingerprint density at radius 1 is 1.00 bits per heavy atom. The molecule has 3 aromatic rings. The van der Waals surface area contributed by atoms with Crippen molar-refractivity contribution in [2.45, 2.75) is 32.9 Å². The highest BCUT2D eigenvalue weighted by molar-refractivity contribution is 5.94. The fraction of sp³-hybridized carbons (Fsp3) is 0.227. The summed E-state index contributed by atoms with van der Waals surface area (Å²) in [5, 5.41) is 10.1. The Kier molecular flexibility index (Phi) is 5.42. The molecule has 0 aliphatic heterocycles. The molecular weight excluding hydrogens is 326 g/mol. The maximum Gasteiger partial charge on any atom is 0.254 e. The second-order valence-corrected chi connectivity index (χ2v) is 6.65. The van der Waals surface area contributed by atoms with E-state index in [1.807, 2.05) is 42.5 Å². The number of phenolic OH excluding ortho intramolecular Hbond substituents is 1. The number of hydrogen-bond donors (Lipinski definition) is 1. The summed E-state index contributed by atoms with van der Waals surface area (Å²) in [5.74, 6) is 1.20. The Bertz CT molecular complexity index is 851. The van der Waals surface area contributed by atoms with Crippen molar-refractivity contribution in [3.05, 3.63) is 89.4 Å². The standard InChI is InChI=1S/C22H23NO3/c1-16(2)17-9-11-18(12-10-17)22(25)23(15-20-7-5-13-26-20)14-19-6-3-4-8-21(19)24/h3-13,16,24H,14-15H2,1-2H3. The van der Waals surface area contributed by atoms with Crippen molar-refractivity contribution in [1.82, 2.24) is 4.90 Å². The monoisotopic (exact) mass is 349 g/mol. The first kappa shape index (κ1) is 17.8. The Balaban J connectivity index is 1.86. The van der Waals surface area contributed by atoms with E-state index >= 15 is 0 Å². The van der Waals surface area contributed by atoms with Gasteiger partial charge in [0.25, 0.3) is 5.91 Å². The second kappa shape index (κ2) is 7.91. The molecule has 0 aliphatic carbocycles. The molecule has 0 bridgehead atoms. The quantitative estimate of drug-likeness (QED) is 0.685. The Morgan fingerprint density at radius 3 is 2.35 bits per heavy atom. The zero-order valence-corrected chi connectivity index (χ0v) is 15.1. The number of carbonyl (C=O) groups is 1. The van der Waals surface area contributed by atoms with Gasteiger partial charge in [-0.25, -0.2) is 0 Å². The number of para-hydroxylation sites is 1. The van der Waals surface area contributed by atoms with E-state index in [0.717, 1.165) is 0 Å². The first-order chi connectivity index (χ1) is 12.5. The van der Waals surface area contributed by atoms with Crippen LogP contribution >= 0.6 is 0 Å². The van der Waals surface area contributed by atoms with Gasteiger partial charge in [-0.1, -0.05) is 44.2 Å². The number of phenols is 1. The van der Waals surface area contributed by atoms with Gasteiger partial charge in [-0.2, -0.15) is 0 Å². The van der Waals surface area contributed by atoms with E-state index in [4.69, 9.17) is 4.42 Å². The van der Waals surface area contributed by atoms with Gasteiger partial charge in [0.1, 0.15) is 11.5 Å². The molecule has 0 aliphatic rings. The molecule has 26 heavy (non-hydrogen) atoms. The molecule has 0 radical (unpaired) electrons. The number of furan rings is 1. The molecule has 1 heterocycles. The summed E-state index contributed by atoms with van der Waals surface area (Å²) in [6.07, 6.45) is 1.59. The van der Waals surface area contributed by atoms with Crippen LogP contribution in [-0.2, 0) is 13.1 Å². The minimum atomic E-state index is -0.0973. The fourth-order valence-electron chi connectivity index (χ4n) is 2.83. The van der Waals surface area contributed by atoms with Crippen LogP contribution in [0.3, 0.4) is 0 Å². The van der Waals surface area contributed by atoms with Gasteiger partial charge in [0.15, 0.2) is 0 Å². The second-order valence-electron chi connectivity index (χ2n) is 6.65. The average Bonchev–Trinajstić information content (AvgIpc) is 3.15. The van der Waals surface area contributed by atoms with Crippen molar-refractivity contribution in [2.75, 3.05) is 0 Å². The van der Waals surface area contributed by atoms with Crippen molar-refractivity contribution < 1.29 is 14.3 Å². The lowest BCUT2D eigenvalue weighted by Crippen LogP contribution is -2.30. The number of carbonyl (C=O) groups excluding carboxylic acids is 1. The normalized spacial score (nSPS) is 10.9.